The van der Waals surface area contributed by atoms with Crippen LogP contribution in [0.4, 0.5) is 4.39 Å². The Balaban J connectivity index is 1.35. The van der Waals surface area contributed by atoms with Gasteiger partial charge in [-0.05, 0) is 48.4 Å². The van der Waals surface area contributed by atoms with Crippen LogP contribution in [0.15, 0.2) is 53.1 Å². The van der Waals surface area contributed by atoms with E-state index >= 15 is 0 Å². The molecule has 7 nitrogen and oxygen atoms in total. The molecule has 2 aliphatic heterocycles. The molecule has 0 saturated carbocycles. The Morgan fingerprint density at radius 3 is 2.69 bits per heavy atom. The molecule has 10 heteroatoms. The molecule has 2 aliphatic rings. The van der Waals surface area contributed by atoms with Crippen LogP contribution in [0.1, 0.15) is 23.8 Å². The fraction of sp³-hybridized carbons (Fsp3) is 0.318. The third-order valence-corrected chi connectivity index (χ3v) is 9.08. The number of halogens is 2. The predicted molar refractivity (Wildman–Crippen MR) is 115 cm³/mol. The first-order valence-corrected chi connectivity index (χ1v) is 12.1. The Morgan fingerprint density at radius 1 is 1.22 bits per heavy atom. The lowest BCUT2D eigenvalue weighted by atomic mass is 9.82. The first kappa shape index (κ1) is 21.1. The molecule has 1 unspecified atom stereocenters. The lowest BCUT2D eigenvalue weighted by molar-refractivity contribution is -0.136. The average molecular weight is 476 g/mol. The summed E-state index contributed by atoms with van der Waals surface area (Å²) in [6.07, 6.45) is 0.500. The smallest absolute Gasteiger partial charge is 0.231 e. The Bertz CT molecular complexity index is 1290. The van der Waals surface area contributed by atoms with Crippen LogP contribution in [0, 0.1) is 5.82 Å². The van der Waals surface area contributed by atoms with E-state index in [0.717, 1.165) is 5.56 Å². The van der Waals surface area contributed by atoms with Gasteiger partial charge in [0.1, 0.15) is 10.6 Å². The van der Waals surface area contributed by atoms with Gasteiger partial charge in [0.25, 0.3) is 0 Å². The number of sulfone groups is 1. The summed E-state index contributed by atoms with van der Waals surface area (Å²) in [5.41, 5.74) is 1.35. The summed E-state index contributed by atoms with van der Waals surface area (Å²) in [7, 11) is -3.45. The fourth-order valence-electron chi connectivity index (χ4n) is 4.52. The van der Waals surface area contributed by atoms with Gasteiger partial charge in [-0.3, -0.25) is 4.79 Å². The number of hydrogen-bond donors (Lipinski definition) is 0. The van der Waals surface area contributed by atoms with Crippen molar-refractivity contribution < 1.29 is 22.1 Å². The van der Waals surface area contributed by atoms with Gasteiger partial charge in [0.05, 0.1) is 18.1 Å². The average Bonchev–Trinajstić information content (AvgIpc) is 3.29. The monoisotopic (exact) mass is 475 g/mol. The summed E-state index contributed by atoms with van der Waals surface area (Å²) in [4.78, 5) is 18.7. The van der Waals surface area contributed by atoms with Gasteiger partial charge in [-0.25, -0.2) is 12.8 Å². The topological polar surface area (TPSA) is 93.4 Å². The highest BCUT2D eigenvalue weighted by Gasteiger charge is 2.64. The first-order chi connectivity index (χ1) is 15.3. The van der Waals surface area contributed by atoms with E-state index in [2.05, 4.69) is 10.1 Å². The number of carbonyl (C=O) groups excluding carboxylic acids is 1. The van der Waals surface area contributed by atoms with Gasteiger partial charge in [0.15, 0.2) is 9.84 Å². The number of hydrogen-bond acceptors (Lipinski definition) is 6. The molecule has 1 atom stereocenters. The minimum atomic E-state index is -3.45. The van der Waals surface area contributed by atoms with Crippen molar-refractivity contribution in [2.24, 2.45) is 0 Å². The van der Waals surface area contributed by atoms with Crippen LogP contribution in [0.3, 0.4) is 0 Å². The molecule has 2 saturated heterocycles. The summed E-state index contributed by atoms with van der Waals surface area (Å²) in [6.45, 7) is 0.182. The summed E-state index contributed by atoms with van der Waals surface area (Å²) < 4.78 is 43.4. The van der Waals surface area contributed by atoms with E-state index in [1.165, 1.54) is 24.3 Å². The zero-order chi connectivity index (χ0) is 22.5. The van der Waals surface area contributed by atoms with Crippen molar-refractivity contribution in [2.45, 2.75) is 23.5 Å². The van der Waals surface area contributed by atoms with Crippen molar-refractivity contribution in [1.82, 2.24) is 15.0 Å². The maximum atomic E-state index is 13.2. The van der Waals surface area contributed by atoms with Gasteiger partial charge >= 0.3 is 0 Å². The van der Waals surface area contributed by atoms with Crippen LogP contribution in [0.25, 0.3) is 11.4 Å². The molecule has 0 N–H and O–H groups in total. The first-order valence-electron chi connectivity index (χ1n) is 10.1. The van der Waals surface area contributed by atoms with E-state index in [-0.39, 0.29) is 48.7 Å². The number of carbonyl (C=O) groups is 1. The minimum absolute atomic E-state index is 0.00223. The van der Waals surface area contributed by atoms with E-state index in [1.807, 2.05) is 6.07 Å². The minimum Gasteiger partial charge on any atom is -0.339 e. The second kappa shape index (κ2) is 7.67. The molecule has 32 heavy (non-hydrogen) atoms. The molecule has 166 valence electrons. The quantitative estimate of drug-likeness (QED) is 0.575. The Morgan fingerprint density at radius 2 is 1.97 bits per heavy atom. The lowest BCUT2D eigenvalue weighted by Crippen LogP contribution is -2.67. The number of nitrogens with zero attached hydrogens (tertiary/aromatic N) is 3. The second-order valence-electron chi connectivity index (χ2n) is 8.24. The molecule has 1 amide bonds. The maximum Gasteiger partial charge on any atom is 0.231 e. The maximum absolute atomic E-state index is 13.2. The third-order valence-electron chi connectivity index (χ3n) is 6.29. The van der Waals surface area contributed by atoms with Gasteiger partial charge in [0, 0.05) is 23.7 Å². The highest BCUT2D eigenvalue weighted by atomic mass is 35.5. The third kappa shape index (κ3) is 3.49. The van der Waals surface area contributed by atoms with Crippen LogP contribution in [0.5, 0.6) is 0 Å². The van der Waals surface area contributed by atoms with Gasteiger partial charge in [-0.1, -0.05) is 28.9 Å². The van der Waals surface area contributed by atoms with E-state index in [0.29, 0.717) is 17.0 Å². The summed E-state index contributed by atoms with van der Waals surface area (Å²) >= 11 is 5.99. The van der Waals surface area contributed by atoms with Crippen molar-refractivity contribution in [1.29, 1.82) is 0 Å². The SMILES string of the molecule is O=C(Cc1cccc(Cl)c1)N1CC2(C1)C(c1nc(-c3ccc(F)cc3)no1)CCS2(=O)=O. The molecule has 0 aliphatic carbocycles. The Kier molecular flexibility index (Phi) is 5.05. The normalized spacial score (nSPS) is 20.9. The van der Waals surface area contributed by atoms with E-state index in [4.69, 9.17) is 16.1 Å². The zero-order valence-electron chi connectivity index (χ0n) is 16.9. The zero-order valence-corrected chi connectivity index (χ0v) is 18.4. The Hall–Kier alpha value is -2.78. The molecule has 1 aromatic heterocycles. The van der Waals surface area contributed by atoms with Crippen molar-refractivity contribution in [3.05, 3.63) is 70.8 Å². The van der Waals surface area contributed by atoms with E-state index in [1.54, 1.807) is 23.1 Å². The Labute approximate surface area is 189 Å². The lowest BCUT2D eigenvalue weighted by Gasteiger charge is -2.49. The number of rotatable bonds is 4. The molecular formula is C22H19ClFN3O4S. The van der Waals surface area contributed by atoms with Crippen LogP contribution in [-0.4, -0.2) is 53.0 Å². The van der Waals surface area contributed by atoms with Crippen molar-refractivity contribution in [3.8, 4) is 11.4 Å². The number of benzene rings is 2. The standard InChI is InChI=1S/C22H19ClFN3O4S/c23-16-3-1-2-14(10-16)11-19(28)27-12-22(13-27)18(8-9-32(22,29)30)21-25-20(26-31-21)15-4-6-17(24)7-5-15/h1-7,10,18H,8-9,11-13H2. The molecule has 3 aromatic rings. The van der Waals surface area contributed by atoms with Gasteiger partial charge in [0.2, 0.25) is 17.6 Å². The molecule has 3 heterocycles. The largest absolute Gasteiger partial charge is 0.339 e. The van der Waals surface area contributed by atoms with Crippen molar-refractivity contribution in [3.63, 3.8) is 0 Å². The fourth-order valence-corrected chi connectivity index (χ4v) is 7.05. The summed E-state index contributed by atoms with van der Waals surface area (Å²) in [5, 5.41) is 4.50. The highest BCUT2D eigenvalue weighted by Crippen LogP contribution is 2.49. The van der Waals surface area contributed by atoms with Gasteiger partial charge < -0.3 is 9.42 Å². The molecular weight excluding hydrogens is 457 g/mol. The molecule has 1 spiro atoms. The van der Waals surface area contributed by atoms with Crippen molar-refractivity contribution >= 4 is 27.3 Å². The number of aromatic nitrogens is 2. The molecule has 2 aromatic carbocycles. The number of amides is 1. The van der Waals surface area contributed by atoms with Gasteiger partial charge in [-0.2, -0.15) is 4.98 Å². The van der Waals surface area contributed by atoms with Crippen LogP contribution >= 0.6 is 11.6 Å². The summed E-state index contributed by atoms with van der Waals surface area (Å²) in [5.74, 6) is -0.529. The van der Waals surface area contributed by atoms with E-state index in [9.17, 15) is 17.6 Å². The van der Waals surface area contributed by atoms with Crippen molar-refractivity contribution in [2.75, 3.05) is 18.8 Å². The van der Waals surface area contributed by atoms with E-state index < -0.39 is 20.5 Å². The summed E-state index contributed by atoms with van der Waals surface area (Å²) in [6, 6.07) is 12.7. The predicted octanol–water partition coefficient (Wildman–Crippen LogP) is 3.25. The molecule has 0 bridgehead atoms. The van der Waals surface area contributed by atoms with Gasteiger partial charge in [-0.15, -0.1) is 0 Å². The van der Waals surface area contributed by atoms with Crippen LogP contribution < -0.4 is 0 Å². The van der Waals surface area contributed by atoms with Crippen LogP contribution in [-0.2, 0) is 21.1 Å². The molecule has 5 rings (SSSR count). The highest BCUT2D eigenvalue weighted by molar-refractivity contribution is 7.93. The molecule has 0 radical (unpaired) electrons. The second-order valence-corrected chi connectivity index (χ2v) is 11.1. The van der Waals surface area contributed by atoms with Crippen LogP contribution in [0.2, 0.25) is 5.02 Å². The molecule has 2 fully saturated rings. The number of likely N-dealkylation sites (tertiary alicyclic amines) is 1.